The van der Waals surface area contributed by atoms with Crippen molar-refractivity contribution in [3.8, 4) is 5.75 Å². The fourth-order valence-corrected chi connectivity index (χ4v) is 5.08. The SMILES string of the molecule is COc1ccccc1C(O)C1CSC(C)C(C)S1. The van der Waals surface area contributed by atoms with E-state index in [2.05, 4.69) is 13.8 Å². The van der Waals surface area contributed by atoms with E-state index in [1.807, 2.05) is 47.8 Å². The van der Waals surface area contributed by atoms with Gasteiger partial charge < -0.3 is 9.84 Å². The maximum Gasteiger partial charge on any atom is 0.124 e. The Morgan fingerprint density at radius 2 is 2.00 bits per heavy atom. The van der Waals surface area contributed by atoms with Gasteiger partial charge in [0, 0.05) is 27.1 Å². The third-order valence-electron chi connectivity index (χ3n) is 3.38. The van der Waals surface area contributed by atoms with Gasteiger partial charge in [-0.3, -0.25) is 0 Å². The van der Waals surface area contributed by atoms with Crippen LogP contribution in [-0.4, -0.2) is 33.7 Å². The van der Waals surface area contributed by atoms with Gasteiger partial charge in [-0.2, -0.15) is 23.5 Å². The molecule has 2 rings (SSSR count). The molecule has 2 nitrogen and oxygen atoms in total. The zero-order valence-corrected chi connectivity index (χ0v) is 12.6. The average Bonchev–Trinajstić information content (AvgIpc) is 2.41. The average molecular weight is 284 g/mol. The highest BCUT2D eigenvalue weighted by Crippen LogP contribution is 2.42. The lowest BCUT2D eigenvalue weighted by Crippen LogP contribution is -2.30. The maximum absolute atomic E-state index is 10.5. The Labute approximate surface area is 117 Å². The minimum Gasteiger partial charge on any atom is -0.496 e. The second kappa shape index (κ2) is 6.22. The van der Waals surface area contributed by atoms with Gasteiger partial charge in [0.1, 0.15) is 5.75 Å². The highest BCUT2D eigenvalue weighted by molar-refractivity contribution is 8.07. The van der Waals surface area contributed by atoms with Crippen LogP contribution >= 0.6 is 23.5 Å². The van der Waals surface area contributed by atoms with E-state index in [9.17, 15) is 5.11 Å². The molecule has 0 aliphatic carbocycles. The molecule has 1 heterocycles. The molecule has 4 heteroatoms. The van der Waals surface area contributed by atoms with Crippen molar-refractivity contribution in [1.82, 2.24) is 0 Å². The number of hydrogen-bond donors (Lipinski definition) is 1. The van der Waals surface area contributed by atoms with Crippen LogP contribution in [0.1, 0.15) is 25.5 Å². The molecule has 18 heavy (non-hydrogen) atoms. The summed E-state index contributed by atoms with van der Waals surface area (Å²) in [6.45, 7) is 4.50. The lowest BCUT2D eigenvalue weighted by molar-refractivity contribution is 0.175. The molecule has 1 aromatic rings. The molecule has 1 aromatic carbocycles. The number of ether oxygens (including phenoxy) is 1. The van der Waals surface area contributed by atoms with Crippen LogP contribution < -0.4 is 4.74 Å². The Hall–Kier alpha value is -0.320. The quantitative estimate of drug-likeness (QED) is 0.921. The van der Waals surface area contributed by atoms with E-state index in [4.69, 9.17) is 4.74 Å². The minimum absolute atomic E-state index is 0.248. The number of aliphatic hydroxyl groups is 1. The first-order valence-electron chi connectivity index (χ1n) is 6.21. The Kier molecular flexibility index (Phi) is 4.87. The van der Waals surface area contributed by atoms with Crippen molar-refractivity contribution in [2.75, 3.05) is 12.9 Å². The number of aliphatic hydroxyl groups excluding tert-OH is 1. The Bertz CT molecular complexity index is 397. The molecule has 0 saturated carbocycles. The molecule has 1 aliphatic heterocycles. The monoisotopic (exact) mass is 284 g/mol. The number of methoxy groups -OCH3 is 1. The van der Waals surface area contributed by atoms with Crippen LogP contribution in [0, 0.1) is 0 Å². The van der Waals surface area contributed by atoms with E-state index in [1.165, 1.54) is 0 Å². The van der Waals surface area contributed by atoms with Gasteiger partial charge in [0.25, 0.3) is 0 Å². The van der Waals surface area contributed by atoms with Crippen LogP contribution in [0.15, 0.2) is 24.3 Å². The molecule has 0 spiro atoms. The summed E-state index contributed by atoms with van der Waals surface area (Å²) in [4.78, 5) is 0. The van der Waals surface area contributed by atoms with Crippen molar-refractivity contribution in [1.29, 1.82) is 0 Å². The molecule has 1 aliphatic rings. The summed E-state index contributed by atoms with van der Waals surface area (Å²) in [6.07, 6.45) is -0.450. The number of benzene rings is 1. The smallest absolute Gasteiger partial charge is 0.124 e. The lowest BCUT2D eigenvalue weighted by Gasteiger charge is -2.34. The summed E-state index contributed by atoms with van der Waals surface area (Å²) in [6, 6.07) is 7.75. The van der Waals surface area contributed by atoms with Gasteiger partial charge in [-0.25, -0.2) is 0 Å². The standard InChI is InChI=1S/C14H20O2S2/c1-9-10(2)18-13(8-17-9)14(15)11-6-4-5-7-12(11)16-3/h4-7,9-10,13-15H,8H2,1-3H3. The minimum atomic E-state index is -0.450. The van der Waals surface area contributed by atoms with Crippen molar-refractivity contribution in [3.05, 3.63) is 29.8 Å². The first kappa shape index (κ1) is 14.1. The van der Waals surface area contributed by atoms with E-state index in [0.29, 0.717) is 10.5 Å². The van der Waals surface area contributed by atoms with E-state index in [0.717, 1.165) is 17.1 Å². The highest BCUT2D eigenvalue weighted by atomic mass is 32.2. The summed E-state index contributed by atoms with van der Waals surface area (Å²) in [5, 5.41) is 12.0. The maximum atomic E-state index is 10.5. The van der Waals surface area contributed by atoms with Gasteiger partial charge in [-0.15, -0.1) is 0 Å². The largest absolute Gasteiger partial charge is 0.496 e. The predicted molar refractivity (Wildman–Crippen MR) is 80.7 cm³/mol. The van der Waals surface area contributed by atoms with E-state index >= 15 is 0 Å². The van der Waals surface area contributed by atoms with Crippen molar-refractivity contribution >= 4 is 23.5 Å². The second-order valence-corrected chi connectivity index (χ2v) is 7.64. The topological polar surface area (TPSA) is 29.5 Å². The van der Waals surface area contributed by atoms with E-state index in [-0.39, 0.29) is 5.25 Å². The molecule has 1 fully saturated rings. The molecular weight excluding hydrogens is 264 g/mol. The van der Waals surface area contributed by atoms with Gasteiger partial charge in [-0.1, -0.05) is 32.0 Å². The van der Waals surface area contributed by atoms with Crippen LogP contribution in [0.25, 0.3) is 0 Å². The summed E-state index contributed by atoms with van der Waals surface area (Å²) in [5.74, 6) is 1.77. The Balaban J connectivity index is 2.13. The molecule has 0 bridgehead atoms. The molecule has 0 amide bonds. The summed E-state index contributed by atoms with van der Waals surface area (Å²) >= 11 is 3.84. The number of para-hydroxylation sites is 1. The van der Waals surface area contributed by atoms with Crippen molar-refractivity contribution in [2.24, 2.45) is 0 Å². The highest BCUT2D eigenvalue weighted by Gasteiger charge is 2.32. The van der Waals surface area contributed by atoms with Crippen LogP contribution in [0.5, 0.6) is 5.75 Å². The normalized spacial score (nSPS) is 29.9. The molecule has 4 unspecified atom stereocenters. The zero-order valence-electron chi connectivity index (χ0n) is 11.0. The first-order chi connectivity index (χ1) is 8.63. The second-order valence-electron chi connectivity index (χ2n) is 4.60. The van der Waals surface area contributed by atoms with Gasteiger partial charge in [-0.05, 0) is 6.07 Å². The third kappa shape index (κ3) is 2.98. The molecule has 4 atom stereocenters. The van der Waals surface area contributed by atoms with Crippen molar-refractivity contribution in [2.45, 2.75) is 35.7 Å². The zero-order chi connectivity index (χ0) is 13.1. The Morgan fingerprint density at radius 1 is 1.28 bits per heavy atom. The number of rotatable bonds is 3. The van der Waals surface area contributed by atoms with Gasteiger partial charge >= 0.3 is 0 Å². The summed E-state index contributed by atoms with van der Waals surface area (Å²) in [7, 11) is 1.65. The van der Waals surface area contributed by atoms with Crippen LogP contribution in [0.3, 0.4) is 0 Å². The number of thioether (sulfide) groups is 2. The van der Waals surface area contributed by atoms with Gasteiger partial charge in [0.2, 0.25) is 0 Å². The molecular formula is C14H20O2S2. The molecule has 1 saturated heterocycles. The molecule has 0 aromatic heterocycles. The van der Waals surface area contributed by atoms with Gasteiger partial charge in [0.15, 0.2) is 0 Å². The van der Waals surface area contributed by atoms with E-state index in [1.54, 1.807) is 7.11 Å². The third-order valence-corrected chi connectivity index (χ3v) is 6.86. The van der Waals surface area contributed by atoms with Crippen molar-refractivity contribution < 1.29 is 9.84 Å². The van der Waals surface area contributed by atoms with Gasteiger partial charge in [0.05, 0.1) is 13.2 Å². The summed E-state index contributed by atoms with van der Waals surface area (Å²) < 4.78 is 5.33. The number of hydrogen-bond acceptors (Lipinski definition) is 4. The van der Waals surface area contributed by atoms with Crippen LogP contribution in [0.4, 0.5) is 0 Å². The van der Waals surface area contributed by atoms with Crippen LogP contribution in [-0.2, 0) is 0 Å². The molecule has 0 radical (unpaired) electrons. The molecule has 100 valence electrons. The molecule has 1 N–H and O–H groups in total. The summed E-state index contributed by atoms with van der Waals surface area (Å²) in [5.41, 5.74) is 0.903. The lowest BCUT2D eigenvalue weighted by atomic mass is 10.1. The van der Waals surface area contributed by atoms with E-state index < -0.39 is 6.10 Å². The first-order valence-corrected chi connectivity index (χ1v) is 8.20. The van der Waals surface area contributed by atoms with Crippen molar-refractivity contribution in [3.63, 3.8) is 0 Å². The van der Waals surface area contributed by atoms with Crippen LogP contribution in [0.2, 0.25) is 0 Å². The fraction of sp³-hybridized carbons (Fsp3) is 0.571. The predicted octanol–water partition coefficient (Wildman–Crippen LogP) is 3.35. The Morgan fingerprint density at radius 3 is 2.67 bits per heavy atom. The fourth-order valence-electron chi connectivity index (χ4n) is 2.08.